The van der Waals surface area contributed by atoms with Crippen molar-refractivity contribution in [2.45, 2.75) is 25.5 Å². The first-order valence-corrected chi connectivity index (χ1v) is 7.75. The molecule has 0 aliphatic heterocycles. The summed E-state index contributed by atoms with van der Waals surface area (Å²) in [4.78, 5) is 0.870. The van der Waals surface area contributed by atoms with E-state index in [2.05, 4.69) is 15.9 Å². The summed E-state index contributed by atoms with van der Waals surface area (Å²) in [6.07, 6.45) is 0.157. The van der Waals surface area contributed by atoms with Crippen LogP contribution in [0.3, 0.4) is 0 Å². The van der Waals surface area contributed by atoms with Crippen LogP contribution < -0.4 is 10.5 Å². The lowest BCUT2D eigenvalue weighted by atomic mass is 10.1. The van der Waals surface area contributed by atoms with Gasteiger partial charge in [-0.05, 0) is 46.6 Å². The molecule has 2 atom stereocenters. The van der Waals surface area contributed by atoms with Crippen LogP contribution in [-0.2, 0) is 0 Å². The average molecular weight is 362 g/mol. The molecule has 0 saturated carbocycles. The second-order valence-corrected chi connectivity index (χ2v) is 6.80. The zero-order valence-corrected chi connectivity index (χ0v) is 13.2. The molecule has 2 nitrogen and oxygen atoms in total. The topological polar surface area (TPSA) is 35.2 Å². The molecule has 0 amide bonds. The highest BCUT2D eigenvalue weighted by Crippen LogP contribution is 2.34. The van der Waals surface area contributed by atoms with Gasteiger partial charge in [0.1, 0.15) is 6.10 Å². The van der Waals surface area contributed by atoms with Gasteiger partial charge in [0.25, 0.3) is 0 Å². The summed E-state index contributed by atoms with van der Waals surface area (Å²) in [5.74, 6) is -2.04. The molecule has 0 aliphatic rings. The van der Waals surface area contributed by atoms with E-state index in [1.165, 1.54) is 23.5 Å². The highest BCUT2D eigenvalue weighted by molar-refractivity contribution is 9.11. The van der Waals surface area contributed by atoms with E-state index in [0.717, 1.165) is 14.7 Å². The van der Waals surface area contributed by atoms with Crippen molar-refractivity contribution >= 4 is 27.3 Å². The van der Waals surface area contributed by atoms with Gasteiger partial charge in [0.15, 0.2) is 11.6 Å². The molecule has 108 valence electrons. The van der Waals surface area contributed by atoms with Crippen LogP contribution in [0.15, 0.2) is 34.1 Å². The molecule has 20 heavy (non-hydrogen) atoms. The molecule has 1 aromatic heterocycles. The Bertz CT molecular complexity index is 590. The van der Waals surface area contributed by atoms with Crippen LogP contribution in [-0.4, -0.2) is 6.04 Å². The Morgan fingerprint density at radius 3 is 2.65 bits per heavy atom. The molecule has 2 unspecified atom stereocenters. The van der Waals surface area contributed by atoms with Crippen molar-refractivity contribution in [1.29, 1.82) is 0 Å². The van der Waals surface area contributed by atoms with Crippen molar-refractivity contribution in [3.63, 3.8) is 0 Å². The molecule has 0 fully saturated rings. The van der Waals surface area contributed by atoms with Crippen LogP contribution >= 0.6 is 27.3 Å². The molecule has 2 N–H and O–H groups in total. The van der Waals surface area contributed by atoms with Crippen molar-refractivity contribution in [1.82, 2.24) is 0 Å². The molecule has 0 radical (unpaired) electrons. The second kappa shape index (κ2) is 6.65. The Balaban J connectivity index is 2.31. The zero-order valence-electron chi connectivity index (χ0n) is 10.8. The number of thiophene rings is 1. The van der Waals surface area contributed by atoms with Gasteiger partial charge in [-0.15, -0.1) is 11.3 Å². The fourth-order valence-electron chi connectivity index (χ4n) is 1.76. The van der Waals surface area contributed by atoms with Crippen molar-refractivity contribution in [2.75, 3.05) is 0 Å². The first-order valence-electron chi connectivity index (χ1n) is 6.14. The van der Waals surface area contributed by atoms with E-state index >= 15 is 0 Å². The van der Waals surface area contributed by atoms with Crippen LogP contribution in [0, 0.1) is 11.6 Å². The van der Waals surface area contributed by atoms with Crippen molar-refractivity contribution in [3.8, 4) is 5.75 Å². The molecular weight excluding hydrogens is 348 g/mol. The Morgan fingerprint density at radius 1 is 1.30 bits per heavy atom. The van der Waals surface area contributed by atoms with Crippen LogP contribution in [0.5, 0.6) is 5.75 Å². The van der Waals surface area contributed by atoms with E-state index in [-0.39, 0.29) is 11.8 Å². The van der Waals surface area contributed by atoms with Gasteiger partial charge < -0.3 is 10.5 Å². The molecule has 0 aliphatic carbocycles. The fourth-order valence-corrected chi connectivity index (χ4v) is 3.29. The summed E-state index contributed by atoms with van der Waals surface area (Å²) in [7, 11) is 0. The number of halogens is 3. The number of rotatable bonds is 5. The molecule has 1 aromatic carbocycles. The zero-order chi connectivity index (χ0) is 14.7. The van der Waals surface area contributed by atoms with Crippen molar-refractivity contribution < 1.29 is 13.5 Å². The number of ether oxygens (including phenoxy) is 1. The molecule has 0 bridgehead atoms. The number of benzene rings is 1. The summed E-state index contributed by atoms with van der Waals surface area (Å²) < 4.78 is 33.5. The Morgan fingerprint density at radius 2 is 2.05 bits per heavy atom. The predicted octanol–water partition coefficient (Wildman–Crippen LogP) is 4.65. The normalized spacial score (nSPS) is 14.1. The van der Waals surface area contributed by atoms with Gasteiger partial charge in [-0.25, -0.2) is 4.39 Å². The summed E-state index contributed by atoms with van der Waals surface area (Å²) in [6, 6.07) is 7.30. The maximum absolute atomic E-state index is 13.7. The summed E-state index contributed by atoms with van der Waals surface area (Å²) in [6.45, 7) is 1.92. The summed E-state index contributed by atoms with van der Waals surface area (Å²) in [5, 5.41) is 0. The molecule has 1 heterocycles. The fraction of sp³-hybridized carbons (Fsp3) is 0.286. The SMILES string of the molecule is CCC(N)C(Oc1cccc(F)c1F)c1ccc(Br)s1. The smallest absolute Gasteiger partial charge is 0.200 e. The van der Waals surface area contributed by atoms with Crippen LogP contribution in [0.4, 0.5) is 8.78 Å². The first-order chi connectivity index (χ1) is 9.52. The van der Waals surface area contributed by atoms with Gasteiger partial charge in [0, 0.05) is 10.9 Å². The minimum absolute atomic E-state index is 0.122. The second-order valence-electron chi connectivity index (χ2n) is 4.30. The Hall–Kier alpha value is -0.980. The van der Waals surface area contributed by atoms with Gasteiger partial charge in [-0.1, -0.05) is 13.0 Å². The number of hydrogen-bond acceptors (Lipinski definition) is 3. The average Bonchev–Trinajstić information content (AvgIpc) is 2.86. The van der Waals surface area contributed by atoms with E-state index in [9.17, 15) is 8.78 Å². The monoisotopic (exact) mass is 361 g/mol. The highest BCUT2D eigenvalue weighted by Gasteiger charge is 2.24. The van der Waals surface area contributed by atoms with E-state index in [0.29, 0.717) is 6.42 Å². The lowest BCUT2D eigenvalue weighted by molar-refractivity contribution is 0.165. The Labute approximate surface area is 128 Å². The maximum Gasteiger partial charge on any atom is 0.200 e. The van der Waals surface area contributed by atoms with Crippen molar-refractivity contribution in [2.24, 2.45) is 5.73 Å². The van der Waals surface area contributed by atoms with E-state index in [4.69, 9.17) is 10.5 Å². The summed E-state index contributed by atoms with van der Waals surface area (Å²) in [5.41, 5.74) is 6.04. The van der Waals surface area contributed by atoms with E-state index in [1.54, 1.807) is 0 Å². The van der Waals surface area contributed by atoms with Gasteiger partial charge in [-0.2, -0.15) is 4.39 Å². The lowest BCUT2D eigenvalue weighted by Crippen LogP contribution is -2.31. The number of nitrogens with two attached hydrogens (primary N) is 1. The molecule has 0 saturated heterocycles. The summed E-state index contributed by atoms with van der Waals surface area (Å²) >= 11 is 4.84. The molecule has 2 rings (SSSR count). The first kappa shape index (κ1) is 15.4. The van der Waals surface area contributed by atoms with Gasteiger partial charge in [0.05, 0.1) is 3.79 Å². The van der Waals surface area contributed by atoms with Crippen molar-refractivity contribution in [3.05, 3.63) is 50.6 Å². The minimum Gasteiger partial charge on any atom is -0.480 e. The third kappa shape index (κ3) is 3.37. The molecule has 0 spiro atoms. The molecular formula is C14H14BrF2NOS. The van der Waals surface area contributed by atoms with Gasteiger partial charge in [0.2, 0.25) is 5.82 Å². The number of hydrogen-bond donors (Lipinski definition) is 1. The van der Waals surface area contributed by atoms with Gasteiger partial charge in [-0.3, -0.25) is 0 Å². The molecule has 6 heteroatoms. The molecule has 2 aromatic rings. The quantitative estimate of drug-likeness (QED) is 0.841. The lowest BCUT2D eigenvalue weighted by Gasteiger charge is -2.23. The van der Waals surface area contributed by atoms with E-state index in [1.807, 2.05) is 19.1 Å². The minimum atomic E-state index is -0.989. The van der Waals surface area contributed by atoms with Crippen LogP contribution in [0.2, 0.25) is 0 Å². The third-order valence-corrected chi connectivity index (χ3v) is 4.59. The van der Waals surface area contributed by atoms with Gasteiger partial charge >= 0.3 is 0 Å². The standard InChI is InChI=1S/C14H14BrF2NOS/c1-2-9(18)14(11-6-7-12(15)20-11)19-10-5-3-4-8(16)13(10)17/h3-7,9,14H,2,18H2,1H3. The third-order valence-electron chi connectivity index (χ3n) is 2.90. The van der Waals surface area contributed by atoms with Crippen LogP contribution in [0.1, 0.15) is 24.3 Å². The Kier molecular flexibility index (Phi) is 5.12. The largest absolute Gasteiger partial charge is 0.480 e. The predicted molar refractivity (Wildman–Crippen MR) is 80.0 cm³/mol. The van der Waals surface area contributed by atoms with Crippen LogP contribution in [0.25, 0.3) is 0 Å². The highest BCUT2D eigenvalue weighted by atomic mass is 79.9. The maximum atomic E-state index is 13.7. The van der Waals surface area contributed by atoms with E-state index < -0.39 is 17.7 Å².